The predicted molar refractivity (Wildman–Crippen MR) is 57.7 cm³/mol. The zero-order valence-corrected chi connectivity index (χ0v) is 9.60. The summed E-state index contributed by atoms with van der Waals surface area (Å²) in [5.41, 5.74) is -0.945. The van der Waals surface area contributed by atoms with Gasteiger partial charge in [-0.05, 0) is 18.2 Å². The van der Waals surface area contributed by atoms with Crippen molar-refractivity contribution in [1.82, 2.24) is 0 Å². The Hall–Kier alpha value is -1.66. The van der Waals surface area contributed by atoms with E-state index in [1.165, 1.54) is 6.07 Å². The first kappa shape index (κ1) is 13.8. The Kier molecular flexibility index (Phi) is 3.24. The number of rotatable bonds is 2. The van der Waals surface area contributed by atoms with Crippen LogP contribution in [0.15, 0.2) is 24.3 Å². The van der Waals surface area contributed by atoms with Crippen LogP contribution < -0.4 is 5.32 Å². The van der Waals surface area contributed by atoms with Gasteiger partial charge in [0.15, 0.2) is 0 Å². The minimum atomic E-state index is -4.51. The normalized spacial score (nSPS) is 18.8. The second-order valence-electron chi connectivity index (χ2n) is 4.53. The zero-order chi connectivity index (χ0) is 14.3. The molecule has 2 rings (SSSR count). The predicted octanol–water partition coefficient (Wildman–Crippen LogP) is 3.69. The van der Waals surface area contributed by atoms with E-state index >= 15 is 0 Å². The maximum Gasteiger partial charge on any atom is 0.416 e. The van der Waals surface area contributed by atoms with Gasteiger partial charge in [-0.2, -0.15) is 13.2 Å². The van der Waals surface area contributed by atoms with Crippen LogP contribution in [0.5, 0.6) is 0 Å². The SMILES string of the molecule is O=C(Nc1cccc(C(F)(F)F)c1)C1CC(F)(F)C1. The van der Waals surface area contributed by atoms with Crippen LogP contribution in [0.2, 0.25) is 0 Å². The van der Waals surface area contributed by atoms with E-state index in [0.717, 1.165) is 18.2 Å². The lowest BCUT2D eigenvalue weighted by molar-refractivity contribution is -0.145. The first-order valence-corrected chi connectivity index (χ1v) is 5.53. The lowest BCUT2D eigenvalue weighted by Crippen LogP contribution is -2.42. The Morgan fingerprint density at radius 1 is 1.26 bits per heavy atom. The summed E-state index contributed by atoms with van der Waals surface area (Å²) in [5.74, 6) is -4.36. The highest BCUT2D eigenvalue weighted by molar-refractivity contribution is 5.93. The molecule has 1 amide bonds. The van der Waals surface area contributed by atoms with Crippen molar-refractivity contribution in [2.45, 2.75) is 24.9 Å². The molecule has 0 radical (unpaired) electrons. The average molecular weight is 279 g/mol. The number of carbonyl (C=O) groups excluding carboxylic acids is 1. The first-order valence-electron chi connectivity index (χ1n) is 5.53. The monoisotopic (exact) mass is 279 g/mol. The van der Waals surface area contributed by atoms with E-state index in [1.807, 2.05) is 0 Å². The fraction of sp³-hybridized carbons (Fsp3) is 0.417. The minimum absolute atomic E-state index is 0.0463. The van der Waals surface area contributed by atoms with Gasteiger partial charge in [-0.3, -0.25) is 4.79 Å². The van der Waals surface area contributed by atoms with Gasteiger partial charge in [0.2, 0.25) is 11.8 Å². The standard InChI is InChI=1S/C12H10F5NO/c13-11(14)5-7(6-11)10(19)18-9-3-1-2-8(4-9)12(15,16)17/h1-4,7H,5-6H2,(H,18,19). The number of carbonyl (C=O) groups is 1. The van der Waals surface area contributed by atoms with Crippen LogP contribution in [0.3, 0.4) is 0 Å². The highest BCUT2D eigenvalue weighted by Gasteiger charge is 2.48. The van der Waals surface area contributed by atoms with Gasteiger partial charge in [0.05, 0.1) is 5.56 Å². The molecule has 0 aliphatic heterocycles. The van der Waals surface area contributed by atoms with Gasteiger partial charge in [-0.25, -0.2) is 8.78 Å². The molecule has 19 heavy (non-hydrogen) atoms. The summed E-state index contributed by atoms with van der Waals surface area (Å²) in [7, 11) is 0. The third kappa shape index (κ3) is 3.21. The van der Waals surface area contributed by atoms with Crippen molar-refractivity contribution in [1.29, 1.82) is 0 Å². The quantitative estimate of drug-likeness (QED) is 0.822. The van der Waals surface area contributed by atoms with Crippen LogP contribution >= 0.6 is 0 Å². The number of halogens is 5. The molecule has 1 saturated carbocycles. The largest absolute Gasteiger partial charge is 0.416 e. The number of benzene rings is 1. The van der Waals surface area contributed by atoms with Gasteiger partial charge in [0, 0.05) is 24.4 Å². The molecule has 1 aliphatic carbocycles. The molecule has 0 bridgehead atoms. The van der Waals surface area contributed by atoms with E-state index in [9.17, 15) is 26.7 Å². The number of alkyl halides is 5. The zero-order valence-electron chi connectivity index (χ0n) is 9.60. The van der Waals surface area contributed by atoms with Gasteiger partial charge in [-0.15, -0.1) is 0 Å². The van der Waals surface area contributed by atoms with Crippen LogP contribution in [0.4, 0.5) is 27.6 Å². The summed E-state index contributed by atoms with van der Waals surface area (Å²) in [6.07, 6.45) is -5.63. The molecule has 0 atom stereocenters. The molecule has 0 unspecified atom stereocenters. The molecule has 1 fully saturated rings. The Balaban J connectivity index is 2.02. The van der Waals surface area contributed by atoms with E-state index < -0.39 is 42.3 Å². The van der Waals surface area contributed by atoms with Crippen molar-refractivity contribution in [3.05, 3.63) is 29.8 Å². The molecule has 104 valence electrons. The molecule has 2 nitrogen and oxygen atoms in total. The molecule has 1 aliphatic rings. The van der Waals surface area contributed by atoms with Crippen LogP contribution in [-0.4, -0.2) is 11.8 Å². The average Bonchev–Trinajstić information content (AvgIpc) is 2.25. The number of anilines is 1. The molecular weight excluding hydrogens is 269 g/mol. The fourth-order valence-corrected chi connectivity index (χ4v) is 1.86. The summed E-state index contributed by atoms with van der Waals surface area (Å²) in [4.78, 5) is 11.5. The molecule has 0 saturated heterocycles. The van der Waals surface area contributed by atoms with E-state index in [2.05, 4.69) is 5.32 Å². The van der Waals surface area contributed by atoms with Gasteiger partial charge >= 0.3 is 6.18 Å². The summed E-state index contributed by atoms with van der Waals surface area (Å²) in [5, 5.41) is 2.22. The number of hydrogen-bond donors (Lipinski definition) is 1. The Bertz CT molecular complexity index is 489. The summed E-state index contributed by atoms with van der Waals surface area (Å²) in [6.45, 7) is 0. The van der Waals surface area contributed by atoms with Crippen molar-refractivity contribution >= 4 is 11.6 Å². The minimum Gasteiger partial charge on any atom is -0.326 e. The summed E-state index contributed by atoms with van der Waals surface area (Å²) < 4.78 is 62.5. The van der Waals surface area contributed by atoms with Crippen molar-refractivity contribution in [3.8, 4) is 0 Å². The van der Waals surface area contributed by atoms with Crippen LogP contribution in [-0.2, 0) is 11.0 Å². The highest BCUT2D eigenvalue weighted by atomic mass is 19.4. The number of amides is 1. The van der Waals surface area contributed by atoms with Gasteiger partial charge in [0.25, 0.3) is 0 Å². The van der Waals surface area contributed by atoms with Gasteiger partial charge in [0.1, 0.15) is 0 Å². The Labute approximate surface area is 105 Å². The van der Waals surface area contributed by atoms with Gasteiger partial charge < -0.3 is 5.32 Å². The summed E-state index contributed by atoms with van der Waals surface area (Å²) in [6, 6.07) is 4.07. The number of hydrogen-bond acceptors (Lipinski definition) is 1. The maximum absolute atomic E-state index is 12.6. The first-order chi connectivity index (χ1) is 8.67. The number of nitrogens with one attached hydrogen (secondary N) is 1. The molecule has 1 aromatic rings. The molecule has 1 aromatic carbocycles. The van der Waals surface area contributed by atoms with E-state index in [-0.39, 0.29) is 5.69 Å². The molecule has 0 spiro atoms. The third-order valence-corrected chi connectivity index (χ3v) is 2.92. The highest BCUT2D eigenvalue weighted by Crippen LogP contribution is 2.42. The molecule has 7 heteroatoms. The third-order valence-electron chi connectivity index (χ3n) is 2.92. The molecule has 0 heterocycles. The summed E-state index contributed by atoms with van der Waals surface area (Å²) >= 11 is 0. The molecular formula is C12H10F5NO. The van der Waals surface area contributed by atoms with Crippen LogP contribution in [0.1, 0.15) is 18.4 Å². The van der Waals surface area contributed by atoms with E-state index in [0.29, 0.717) is 0 Å². The van der Waals surface area contributed by atoms with Crippen LogP contribution in [0, 0.1) is 5.92 Å². The smallest absolute Gasteiger partial charge is 0.326 e. The van der Waals surface area contributed by atoms with Crippen molar-refractivity contribution in [3.63, 3.8) is 0 Å². The van der Waals surface area contributed by atoms with Crippen molar-refractivity contribution in [2.75, 3.05) is 5.32 Å². The molecule has 0 aromatic heterocycles. The second kappa shape index (κ2) is 4.47. The Morgan fingerprint density at radius 2 is 1.89 bits per heavy atom. The van der Waals surface area contributed by atoms with Crippen molar-refractivity contribution in [2.24, 2.45) is 5.92 Å². The van der Waals surface area contributed by atoms with E-state index in [1.54, 1.807) is 0 Å². The second-order valence-corrected chi connectivity index (χ2v) is 4.53. The van der Waals surface area contributed by atoms with E-state index in [4.69, 9.17) is 0 Å². The fourth-order valence-electron chi connectivity index (χ4n) is 1.86. The van der Waals surface area contributed by atoms with Crippen LogP contribution in [0.25, 0.3) is 0 Å². The Morgan fingerprint density at radius 3 is 2.42 bits per heavy atom. The topological polar surface area (TPSA) is 29.1 Å². The lowest BCUT2D eigenvalue weighted by atomic mass is 9.81. The maximum atomic E-state index is 12.6. The van der Waals surface area contributed by atoms with Gasteiger partial charge in [-0.1, -0.05) is 6.07 Å². The van der Waals surface area contributed by atoms with Crippen molar-refractivity contribution < 1.29 is 26.7 Å². The lowest BCUT2D eigenvalue weighted by Gasteiger charge is -2.33. The molecule has 1 N–H and O–H groups in total.